The number of benzene rings is 1. The van der Waals surface area contributed by atoms with Gasteiger partial charge in [-0.05, 0) is 42.6 Å². The van der Waals surface area contributed by atoms with Crippen LogP contribution in [0.4, 0.5) is 0 Å². The van der Waals surface area contributed by atoms with Gasteiger partial charge in [0.25, 0.3) is 0 Å². The summed E-state index contributed by atoms with van der Waals surface area (Å²) < 4.78 is 0. The minimum atomic E-state index is 0.0571. The van der Waals surface area contributed by atoms with E-state index in [-0.39, 0.29) is 16.6 Å². The zero-order valence-electron chi connectivity index (χ0n) is 14.0. The molecule has 2 aliphatic rings. The van der Waals surface area contributed by atoms with Gasteiger partial charge in [-0.25, -0.2) is 0 Å². The molecule has 1 aromatic carbocycles. The highest BCUT2D eigenvalue weighted by Gasteiger charge is 2.51. The van der Waals surface area contributed by atoms with E-state index in [9.17, 15) is 9.59 Å². The van der Waals surface area contributed by atoms with Crippen LogP contribution in [0.25, 0.3) is 0 Å². The van der Waals surface area contributed by atoms with Gasteiger partial charge in [0.2, 0.25) is 0 Å². The third-order valence-corrected chi connectivity index (χ3v) is 6.24. The van der Waals surface area contributed by atoms with Crippen molar-refractivity contribution in [3.05, 3.63) is 48.0 Å². The predicted molar refractivity (Wildman–Crippen MR) is 92.4 cm³/mol. The maximum atomic E-state index is 12.2. The van der Waals surface area contributed by atoms with E-state index in [1.807, 2.05) is 36.4 Å². The van der Waals surface area contributed by atoms with Gasteiger partial charge in [-0.15, -0.1) is 0 Å². The van der Waals surface area contributed by atoms with Crippen LogP contribution in [-0.4, -0.2) is 11.6 Å². The standard InChI is InChI=1S/C21H26O2/c1-20-12-5-6-13-21(20,16-18(22)11-15-20)14-7-10-19(23)17-8-3-2-4-9-17/h2-4,7-10H,5-6,11-16H2,1H3/b10-7+. The molecule has 0 radical (unpaired) electrons. The third-order valence-electron chi connectivity index (χ3n) is 6.24. The second-order valence-corrected chi connectivity index (χ2v) is 7.60. The van der Waals surface area contributed by atoms with E-state index in [4.69, 9.17) is 0 Å². The summed E-state index contributed by atoms with van der Waals surface area (Å²) in [4.78, 5) is 24.3. The summed E-state index contributed by atoms with van der Waals surface area (Å²) in [7, 11) is 0. The molecule has 2 atom stereocenters. The van der Waals surface area contributed by atoms with Gasteiger partial charge in [0.1, 0.15) is 5.78 Å². The van der Waals surface area contributed by atoms with Gasteiger partial charge in [0.15, 0.2) is 5.78 Å². The van der Waals surface area contributed by atoms with Crippen LogP contribution in [0, 0.1) is 10.8 Å². The van der Waals surface area contributed by atoms with Crippen LogP contribution in [0.1, 0.15) is 68.6 Å². The Morgan fingerprint density at radius 3 is 2.65 bits per heavy atom. The smallest absolute Gasteiger partial charge is 0.185 e. The molecule has 2 nitrogen and oxygen atoms in total. The number of rotatable bonds is 4. The lowest BCUT2D eigenvalue weighted by Gasteiger charge is -2.54. The van der Waals surface area contributed by atoms with E-state index >= 15 is 0 Å². The van der Waals surface area contributed by atoms with Gasteiger partial charge in [-0.2, -0.15) is 0 Å². The molecular formula is C21H26O2. The SMILES string of the molecule is CC12CCCCC1(C/C=C/C(=O)c1ccccc1)CC(=O)CC2. The predicted octanol–water partition coefficient (Wildman–Crippen LogP) is 5.14. The third kappa shape index (κ3) is 3.17. The molecule has 122 valence electrons. The Morgan fingerprint density at radius 1 is 1.13 bits per heavy atom. The Balaban J connectivity index is 1.75. The number of fused-ring (bicyclic) bond motifs is 1. The number of ketones is 2. The number of carbonyl (C=O) groups excluding carboxylic acids is 2. The largest absolute Gasteiger partial charge is 0.300 e. The number of hydrogen-bond acceptors (Lipinski definition) is 2. The molecule has 1 aromatic rings. The molecule has 0 bridgehead atoms. The summed E-state index contributed by atoms with van der Waals surface area (Å²) in [6.07, 6.45) is 11.9. The molecule has 23 heavy (non-hydrogen) atoms. The van der Waals surface area contributed by atoms with Crippen LogP contribution in [0.2, 0.25) is 0 Å². The van der Waals surface area contributed by atoms with Crippen LogP contribution in [-0.2, 0) is 4.79 Å². The Bertz CT molecular complexity index is 616. The Hall–Kier alpha value is -1.70. The van der Waals surface area contributed by atoms with Crippen molar-refractivity contribution in [1.29, 1.82) is 0 Å². The minimum absolute atomic E-state index is 0.0571. The quantitative estimate of drug-likeness (QED) is 0.570. The van der Waals surface area contributed by atoms with Crippen molar-refractivity contribution in [3.63, 3.8) is 0 Å². The second kappa shape index (κ2) is 6.43. The van der Waals surface area contributed by atoms with Crippen molar-refractivity contribution in [2.45, 2.75) is 58.3 Å². The van der Waals surface area contributed by atoms with E-state index in [1.54, 1.807) is 6.08 Å². The maximum Gasteiger partial charge on any atom is 0.185 e. The normalized spacial score (nSPS) is 31.1. The molecule has 2 saturated carbocycles. The molecule has 2 unspecified atom stereocenters. The highest BCUT2D eigenvalue weighted by Crippen LogP contribution is 2.59. The zero-order valence-corrected chi connectivity index (χ0v) is 14.0. The molecular weight excluding hydrogens is 284 g/mol. The van der Waals surface area contributed by atoms with Crippen LogP contribution in [0.3, 0.4) is 0 Å². The first-order chi connectivity index (χ1) is 11.0. The van der Waals surface area contributed by atoms with E-state index < -0.39 is 0 Å². The molecule has 0 heterocycles. The van der Waals surface area contributed by atoms with Crippen LogP contribution in [0.15, 0.2) is 42.5 Å². The average Bonchev–Trinajstić information content (AvgIpc) is 2.56. The first-order valence-corrected chi connectivity index (χ1v) is 8.82. The van der Waals surface area contributed by atoms with E-state index in [1.165, 1.54) is 19.3 Å². The monoisotopic (exact) mass is 310 g/mol. The number of carbonyl (C=O) groups is 2. The molecule has 0 saturated heterocycles. The molecule has 2 aliphatic carbocycles. The highest BCUT2D eigenvalue weighted by molar-refractivity contribution is 6.04. The summed E-state index contributed by atoms with van der Waals surface area (Å²) in [6.45, 7) is 2.37. The van der Waals surface area contributed by atoms with Gasteiger partial charge < -0.3 is 0 Å². The van der Waals surface area contributed by atoms with E-state index in [0.717, 1.165) is 31.2 Å². The van der Waals surface area contributed by atoms with Crippen molar-refractivity contribution in [2.24, 2.45) is 10.8 Å². The molecule has 0 aliphatic heterocycles. The lowest BCUT2D eigenvalue weighted by atomic mass is 9.49. The number of allylic oxidation sites excluding steroid dienone is 2. The topological polar surface area (TPSA) is 34.1 Å². The maximum absolute atomic E-state index is 12.2. The minimum Gasteiger partial charge on any atom is -0.300 e. The number of Topliss-reactive ketones (excluding diaryl/α,β-unsaturated/α-hetero) is 1. The zero-order chi connectivity index (χ0) is 16.3. The molecule has 0 aromatic heterocycles. The Labute approximate surface area is 139 Å². The van der Waals surface area contributed by atoms with Crippen molar-refractivity contribution in [2.75, 3.05) is 0 Å². The molecule has 0 amide bonds. The summed E-state index contributed by atoms with van der Waals surface area (Å²) in [5, 5.41) is 0. The first kappa shape index (κ1) is 16.2. The average molecular weight is 310 g/mol. The van der Waals surface area contributed by atoms with Crippen LogP contribution >= 0.6 is 0 Å². The van der Waals surface area contributed by atoms with Gasteiger partial charge in [-0.3, -0.25) is 9.59 Å². The van der Waals surface area contributed by atoms with Crippen LogP contribution in [0.5, 0.6) is 0 Å². The van der Waals surface area contributed by atoms with Crippen molar-refractivity contribution in [3.8, 4) is 0 Å². The van der Waals surface area contributed by atoms with Gasteiger partial charge in [-0.1, -0.05) is 56.2 Å². The van der Waals surface area contributed by atoms with Crippen molar-refractivity contribution >= 4 is 11.6 Å². The molecule has 0 spiro atoms. The molecule has 0 N–H and O–H groups in total. The Morgan fingerprint density at radius 2 is 1.87 bits per heavy atom. The van der Waals surface area contributed by atoms with Gasteiger partial charge in [0.05, 0.1) is 0 Å². The van der Waals surface area contributed by atoms with E-state index in [0.29, 0.717) is 12.2 Å². The van der Waals surface area contributed by atoms with Crippen LogP contribution < -0.4 is 0 Å². The fraction of sp³-hybridized carbons (Fsp3) is 0.524. The van der Waals surface area contributed by atoms with Gasteiger partial charge in [0, 0.05) is 18.4 Å². The lowest BCUT2D eigenvalue weighted by molar-refractivity contribution is -0.133. The fourth-order valence-electron chi connectivity index (χ4n) is 4.63. The van der Waals surface area contributed by atoms with Gasteiger partial charge >= 0.3 is 0 Å². The number of hydrogen-bond donors (Lipinski definition) is 0. The Kier molecular flexibility index (Phi) is 4.52. The second-order valence-electron chi connectivity index (χ2n) is 7.60. The molecule has 3 rings (SSSR count). The first-order valence-electron chi connectivity index (χ1n) is 8.82. The summed E-state index contributed by atoms with van der Waals surface area (Å²) in [5.41, 5.74) is 1.07. The van der Waals surface area contributed by atoms with Crippen molar-refractivity contribution in [1.82, 2.24) is 0 Å². The van der Waals surface area contributed by atoms with Crippen molar-refractivity contribution < 1.29 is 9.59 Å². The summed E-state index contributed by atoms with van der Waals surface area (Å²) >= 11 is 0. The molecule has 2 heteroatoms. The molecule has 2 fully saturated rings. The summed E-state index contributed by atoms with van der Waals surface area (Å²) in [6, 6.07) is 9.38. The lowest BCUT2D eigenvalue weighted by Crippen LogP contribution is -2.47. The fourth-order valence-corrected chi connectivity index (χ4v) is 4.63. The van der Waals surface area contributed by atoms with E-state index in [2.05, 4.69) is 6.92 Å². The highest BCUT2D eigenvalue weighted by atomic mass is 16.1. The summed E-state index contributed by atoms with van der Waals surface area (Å²) in [5.74, 6) is 0.466.